The maximum absolute atomic E-state index is 13.0. The summed E-state index contributed by atoms with van der Waals surface area (Å²) in [6, 6.07) is 0.167. The van der Waals surface area contributed by atoms with Crippen LogP contribution in [0.2, 0.25) is 0 Å². The Hall–Kier alpha value is -3.66. The zero-order valence-corrected chi connectivity index (χ0v) is 46.5. The quantitative estimate of drug-likeness (QED) is 0.0144. The molecule has 0 radical (unpaired) electrons. The average Bonchev–Trinajstić information content (AvgIpc) is 3.37. The number of carbonyl (C=O) groups is 3. The molecule has 0 aromatic rings. The van der Waals surface area contributed by atoms with Crippen molar-refractivity contribution in [3.63, 3.8) is 0 Å². The Morgan fingerprint density at radius 3 is 0.806 bits per heavy atom. The minimum absolute atomic E-state index is 0.0513. The van der Waals surface area contributed by atoms with Crippen molar-refractivity contribution < 1.29 is 28.6 Å². The van der Waals surface area contributed by atoms with Gasteiger partial charge in [-0.15, -0.1) is 0 Å². The number of esters is 3. The van der Waals surface area contributed by atoms with E-state index in [0.29, 0.717) is 19.3 Å². The summed E-state index contributed by atoms with van der Waals surface area (Å²) in [7, 11) is 0. The van der Waals surface area contributed by atoms with Crippen LogP contribution >= 0.6 is 0 Å². The maximum Gasteiger partial charge on any atom is 0.306 e. The SMILES string of the molecule is CCCCCCCCCC(CCCCCCCC(=O)OCC(COC(=O)CCCCCCCC(CCCCCCCCC)N=[N+]=[N-])OC(=O)CCCCCCCC(CCCCCCCCC)N=[N+]=[N-])N=[N+]=[N-]. The fraction of sp³-hybridized carbons (Fsp3) is 0.947. The van der Waals surface area contributed by atoms with Gasteiger partial charge in [0, 0.05) is 52.1 Å². The van der Waals surface area contributed by atoms with E-state index in [4.69, 9.17) is 30.8 Å². The van der Waals surface area contributed by atoms with Crippen LogP contribution in [0.25, 0.3) is 31.3 Å². The lowest BCUT2D eigenvalue weighted by molar-refractivity contribution is -0.167. The molecule has 0 spiro atoms. The Bertz CT molecular complexity index is 1350. The largest absolute Gasteiger partial charge is 0.462 e. The zero-order chi connectivity index (χ0) is 52.6. The van der Waals surface area contributed by atoms with Crippen molar-refractivity contribution in [2.24, 2.45) is 15.3 Å². The van der Waals surface area contributed by atoms with Gasteiger partial charge in [-0.1, -0.05) is 248 Å². The normalized spacial score (nSPS) is 12.7. The minimum Gasteiger partial charge on any atom is -0.462 e. The van der Waals surface area contributed by atoms with Crippen molar-refractivity contribution in [3.05, 3.63) is 31.3 Å². The van der Waals surface area contributed by atoms with E-state index in [1.165, 1.54) is 116 Å². The van der Waals surface area contributed by atoms with E-state index in [-0.39, 0.29) is 62.5 Å². The fourth-order valence-corrected chi connectivity index (χ4v) is 9.43. The second-order valence-corrected chi connectivity index (χ2v) is 20.7. The van der Waals surface area contributed by atoms with Crippen LogP contribution < -0.4 is 0 Å². The number of unbranched alkanes of at least 4 members (excludes halogenated alkanes) is 30. The Kier molecular flexibility index (Phi) is 52.3. The van der Waals surface area contributed by atoms with E-state index >= 15 is 0 Å². The summed E-state index contributed by atoms with van der Waals surface area (Å²) in [6.45, 7) is 6.35. The lowest BCUT2D eigenvalue weighted by Gasteiger charge is -2.18. The molecule has 0 amide bonds. The molecule has 0 saturated carbocycles. The Morgan fingerprint density at radius 1 is 0.333 bits per heavy atom. The van der Waals surface area contributed by atoms with Crippen molar-refractivity contribution in [1.29, 1.82) is 0 Å². The molecule has 0 aromatic carbocycles. The van der Waals surface area contributed by atoms with Gasteiger partial charge in [0.25, 0.3) is 0 Å². The summed E-state index contributed by atoms with van der Waals surface area (Å²) in [5.74, 6) is -1.14. The van der Waals surface area contributed by atoms with Crippen LogP contribution in [0.3, 0.4) is 0 Å². The van der Waals surface area contributed by atoms with Gasteiger partial charge in [0.1, 0.15) is 13.2 Å². The minimum atomic E-state index is -0.880. The highest BCUT2D eigenvalue weighted by Gasteiger charge is 2.20. The zero-order valence-electron chi connectivity index (χ0n) is 46.5. The maximum atomic E-state index is 13.0. The topological polar surface area (TPSA) is 225 Å². The molecule has 416 valence electrons. The van der Waals surface area contributed by atoms with Gasteiger partial charge in [-0.25, -0.2) is 0 Å². The van der Waals surface area contributed by atoms with Gasteiger partial charge in [0.2, 0.25) is 0 Å². The molecule has 0 aliphatic heterocycles. The lowest BCUT2D eigenvalue weighted by atomic mass is 10.0. The van der Waals surface area contributed by atoms with Gasteiger partial charge in [-0.3, -0.25) is 14.4 Å². The van der Waals surface area contributed by atoms with Crippen molar-refractivity contribution >= 4 is 17.9 Å². The predicted octanol–water partition coefficient (Wildman–Crippen LogP) is 19.6. The molecule has 0 heterocycles. The van der Waals surface area contributed by atoms with Crippen molar-refractivity contribution in [1.82, 2.24) is 0 Å². The van der Waals surface area contributed by atoms with Crippen molar-refractivity contribution in [2.45, 2.75) is 334 Å². The van der Waals surface area contributed by atoms with E-state index in [2.05, 4.69) is 50.8 Å². The number of rotatable bonds is 56. The molecular formula is C57H107N9O6. The summed E-state index contributed by atoms with van der Waals surface area (Å²) in [4.78, 5) is 47.7. The number of carbonyl (C=O) groups excluding carboxylic acids is 3. The molecule has 0 N–H and O–H groups in total. The van der Waals surface area contributed by atoms with Gasteiger partial charge < -0.3 is 14.2 Å². The monoisotopic (exact) mass is 1010 g/mol. The van der Waals surface area contributed by atoms with Gasteiger partial charge in [0.15, 0.2) is 6.10 Å². The highest BCUT2D eigenvalue weighted by Crippen LogP contribution is 2.21. The third kappa shape index (κ3) is 48.6. The van der Waals surface area contributed by atoms with Gasteiger partial charge in [-0.05, 0) is 74.4 Å². The van der Waals surface area contributed by atoms with Crippen LogP contribution in [0.4, 0.5) is 0 Å². The predicted molar refractivity (Wildman–Crippen MR) is 295 cm³/mol. The number of hydrogen-bond donors (Lipinski definition) is 0. The van der Waals surface area contributed by atoms with E-state index in [1.807, 2.05) is 0 Å². The summed E-state index contributed by atoms with van der Waals surface area (Å²) < 4.78 is 16.8. The van der Waals surface area contributed by atoms with Crippen LogP contribution in [0, 0.1) is 0 Å². The molecule has 0 saturated heterocycles. The number of hydrogen-bond acceptors (Lipinski definition) is 9. The van der Waals surface area contributed by atoms with Gasteiger partial charge >= 0.3 is 17.9 Å². The summed E-state index contributed by atoms with van der Waals surface area (Å²) in [6.07, 6.45) is 45.1. The molecule has 0 bridgehead atoms. The number of azide groups is 3. The molecule has 0 aliphatic rings. The second kappa shape index (κ2) is 55.1. The molecule has 0 aromatic heterocycles. The molecule has 0 aliphatic carbocycles. The number of nitrogens with zero attached hydrogens (tertiary/aromatic N) is 9. The standard InChI is InChI=1S/C57H107N9O6/c1-4-7-10-13-16-22-31-40-51(61-64-58)43-34-25-19-28-37-46-55(67)70-49-54(72-57(69)48-39-30-21-27-36-45-53(63-66-60)42-33-24-18-15-12-9-6-3)50-71-56(68)47-38-29-20-26-35-44-52(62-65-59)41-32-23-17-14-11-8-5-2/h51-54H,4-50H2,1-3H3. The Labute approximate surface area is 438 Å². The first kappa shape index (κ1) is 68.3. The first-order valence-corrected chi connectivity index (χ1v) is 30.0. The molecular weight excluding hydrogens is 907 g/mol. The smallest absolute Gasteiger partial charge is 0.306 e. The molecule has 3 unspecified atom stereocenters. The molecule has 15 heteroatoms. The third-order valence-electron chi connectivity index (χ3n) is 14.0. The highest BCUT2D eigenvalue weighted by molar-refractivity contribution is 5.71. The van der Waals surface area contributed by atoms with E-state index in [1.54, 1.807) is 0 Å². The first-order valence-electron chi connectivity index (χ1n) is 30.0. The van der Waals surface area contributed by atoms with Crippen LogP contribution in [0.15, 0.2) is 15.3 Å². The molecule has 0 rings (SSSR count). The summed E-state index contributed by atoms with van der Waals surface area (Å²) in [5.41, 5.74) is 27.1. The summed E-state index contributed by atoms with van der Waals surface area (Å²) >= 11 is 0. The van der Waals surface area contributed by atoms with Crippen LogP contribution in [0.1, 0.15) is 310 Å². The van der Waals surface area contributed by atoms with Crippen LogP contribution in [-0.4, -0.2) is 55.4 Å². The molecule has 72 heavy (non-hydrogen) atoms. The molecule has 15 nitrogen and oxygen atoms in total. The second-order valence-electron chi connectivity index (χ2n) is 20.7. The average molecular weight is 1010 g/mol. The highest BCUT2D eigenvalue weighted by atomic mass is 16.6. The van der Waals surface area contributed by atoms with E-state index < -0.39 is 12.1 Å². The van der Waals surface area contributed by atoms with E-state index in [9.17, 15) is 14.4 Å². The van der Waals surface area contributed by atoms with Crippen molar-refractivity contribution in [2.75, 3.05) is 13.2 Å². The van der Waals surface area contributed by atoms with Gasteiger partial charge in [0.05, 0.1) is 0 Å². The molecule has 0 fully saturated rings. The van der Waals surface area contributed by atoms with Crippen LogP contribution in [0.5, 0.6) is 0 Å². The molecule has 3 atom stereocenters. The first-order chi connectivity index (χ1) is 35.3. The van der Waals surface area contributed by atoms with Crippen LogP contribution in [-0.2, 0) is 28.6 Å². The summed E-state index contributed by atoms with van der Waals surface area (Å²) in [5, 5.41) is 12.1. The van der Waals surface area contributed by atoms with Crippen molar-refractivity contribution in [3.8, 4) is 0 Å². The van der Waals surface area contributed by atoms with E-state index in [0.717, 1.165) is 135 Å². The third-order valence-corrected chi connectivity index (χ3v) is 14.0. The lowest BCUT2D eigenvalue weighted by Crippen LogP contribution is -2.30. The Morgan fingerprint density at radius 2 is 0.556 bits per heavy atom. The fourth-order valence-electron chi connectivity index (χ4n) is 9.43. The Balaban J connectivity index is 4.78. The van der Waals surface area contributed by atoms with Gasteiger partial charge in [-0.2, -0.15) is 0 Å². The number of ether oxygens (including phenoxy) is 3.